The zero-order valence-corrected chi connectivity index (χ0v) is 17.2. The van der Waals surface area contributed by atoms with Gasteiger partial charge >= 0.3 is 6.18 Å². The number of anilines is 1. The Morgan fingerprint density at radius 3 is 2.70 bits per heavy atom. The van der Waals surface area contributed by atoms with Crippen molar-refractivity contribution in [1.82, 2.24) is 19.7 Å². The van der Waals surface area contributed by atoms with Crippen molar-refractivity contribution >= 4 is 29.3 Å². The highest BCUT2D eigenvalue weighted by Gasteiger charge is 2.33. The van der Waals surface area contributed by atoms with Crippen LogP contribution in [0.4, 0.5) is 19.1 Å². The fraction of sp³-hybridized carbons (Fsp3) is 0.389. The first-order valence-corrected chi connectivity index (χ1v) is 10.4. The van der Waals surface area contributed by atoms with Crippen molar-refractivity contribution in [2.75, 3.05) is 31.2 Å². The molecule has 0 saturated carbocycles. The molecule has 4 rings (SSSR count). The molecule has 1 aliphatic rings. The highest BCUT2D eigenvalue weighted by Crippen LogP contribution is 2.30. The van der Waals surface area contributed by atoms with Crippen LogP contribution < -0.4 is 4.90 Å². The van der Waals surface area contributed by atoms with Crippen molar-refractivity contribution in [3.05, 3.63) is 41.4 Å². The van der Waals surface area contributed by atoms with Crippen molar-refractivity contribution in [3.63, 3.8) is 0 Å². The first-order valence-electron chi connectivity index (χ1n) is 9.05. The molecule has 12 heteroatoms. The second-order valence-corrected chi connectivity index (χ2v) is 7.88. The monoisotopic (exact) mass is 459 g/mol. The van der Waals surface area contributed by atoms with Crippen molar-refractivity contribution in [1.29, 1.82) is 0 Å². The smallest absolute Gasteiger partial charge is 0.406 e. The number of nitrogens with zero attached hydrogens (tertiary/aromatic N) is 5. The van der Waals surface area contributed by atoms with Gasteiger partial charge in [-0.15, -0.1) is 10.2 Å². The Morgan fingerprint density at radius 1 is 1.17 bits per heavy atom. The molecule has 0 unspecified atom stereocenters. The van der Waals surface area contributed by atoms with Crippen LogP contribution in [-0.2, 0) is 17.0 Å². The molecular formula is C18H17ClF3N5O2S. The van der Waals surface area contributed by atoms with Crippen LogP contribution in [0.5, 0.6) is 0 Å². The summed E-state index contributed by atoms with van der Waals surface area (Å²) in [4.78, 5) is 5.95. The summed E-state index contributed by atoms with van der Waals surface area (Å²) in [6, 6.07) is 7.12. The third-order valence-corrected chi connectivity index (χ3v) is 5.50. The normalized spacial score (nSPS) is 15.0. The highest BCUT2D eigenvalue weighted by molar-refractivity contribution is 7.98. The summed E-state index contributed by atoms with van der Waals surface area (Å²) in [6.45, 7) is 0.620. The second-order valence-electron chi connectivity index (χ2n) is 6.50. The van der Waals surface area contributed by atoms with Crippen LogP contribution >= 0.6 is 23.4 Å². The van der Waals surface area contributed by atoms with E-state index in [-0.39, 0.29) is 16.9 Å². The van der Waals surface area contributed by atoms with E-state index < -0.39 is 12.7 Å². The lowest BCUT2D eigenvalue weighted by Crippen LogP contribution is -2.38. The zero-order chi connectivity index (χ0) is 21.1. The fourth-order valence-corrected chi connectivity index (χ4v) is 3.96. The van der Waals surface area contributed by atoms with Gasteiger partial charge in [-0.25, -0.2) is 4.98 Å². The van der Waals surface area contributed by atoms with Crippen molar-refractivity contribution in [2.24, 2.45) is 0 Å². The lowest BCUT2D eigenvalue weighted by molar-refractivity contribution is -0.141. The molecule has 1 aromatic carbocycles. The molecule has 0 N–H and O–H groups in total. The Kier molecular flexibility index (Phi) is 6.21. The number of benzene rings is 1. The van der Waals surface area contributed by atoms with E-state index in [2.05, 4.69) is 15.2 Å². The van der Waals surface area contributed by atoms with Gasteiger partial charge in [0.2, 0.25) is 11.8 Å². The van der Waals surface area contributed by atoms with Crippen LogP contribution in [0.3, 0.4) is 0 Å². The molecule has 0 bridgehead atoms. The van der Waals surface area contributed by atoms with Crippen molar-refractivity contribution in [2.45, 2.75) is 23.6 Å². The molecule has 1 aliphatic heterocycles. The Morgan fingerprint density at radius 2 is 1.97 bits per heavy atom. The van der Waals surface area contributed by atoms with E-state index in [4.69, 9.17) is 20.8 Å². The number of hydrogen-bond donors (Lipinski definition) is 0. The largest absolute Gasteiger partial charge is 0.440 e. The quantitative estimate of drug-likeness (QED) is 0.509. The van der Waals surface area contributed by atoms with Gasteiger partial charge < -0.3 is 14.1 Å². The third kappa shape index (κ3) is 5.08. The summed E-state index contributed by atoms with van der Waals surface area (Å²) >= 11 is 7.08. The van der Waals surface area contributed by atoms with Gasteiger partial charge in [-0.1, -0.05) is 35.5 Å². The predicted octanol–water partition coefficient (Wildman–Crippen LogP) is 4.28. The fourth-order valence-electron chi connectivity index (χ4n) is 2.98. The predicted molar refractivity (Wildman–Crippen MR) is 106 cm³/mol. The number of oxazole rings is 1. The van der Waals surface area contributed by atoms with Gasteiger partial charge in [0.05, 0.1) is 25.2 Å². The summed E-state index contributed by atoms with van der Waals surface area (Å²) in [7, 11) is 0. The minimum absolute atomic E-state index is 0.149. The molecule has 1 saturated heterocycles. The summed E-state index contributed by atoms with van der Waals surface area (Å²) in [5.74, 6) is 1.29. The van der Waals surface area contributed by atoms with Gasteiger partial charge in [0, 0.05) is 23.7 Å². The van der Waals surface area contributed by atoms with Gasteiger partial charge in [-0.2, -0.15) is 13.2 Å². The highest BCUT2D eigenvalue weighted by atomic mass is 35.5. The molecular weight excluding hydrogens is 443 g/mol. The summed E-state index contributed by atoms with van der Waals surface area (Å²) in [5, 5.41) is 8.68. The van der Waals surface area contributed by atoms with Crippen LogP contribution in [0, 0.1) is 0 Å². The maximum Gasteiger partial charge on any atom is 0.406 e. The maximum absolute atomic E-state index is 13.2. The molecule has 7 nitrogen and oxygen atoms in total. The summed E-state index contributed by atoms with van der Waals surface area (Å²) in [6.07, 6.45) is -2.84. The number of halogens is 4. The van der Waals surface area contributed by atoms with E-state index in [9.17, 15) is 13.2 Å². The number of morpholine rings is 1. The molecule has 30 heavy (non-hydrogen) atoms. The molecule has 0 atom stereocenters. The minimum atomic E-state index is -4.40. The molecule has 3 heterocycles. The average molecular weight is 460 g/mol. The number of alkyl halides is 3. The number of thioether (sulfide) groups is 1. The van der Waals surface area contributed by atoms with E-state index in [1.165, 1.54) is 0 Å². The van der Waals surface area contributed by atoms with E-state index in [0.717, 1.165) is 21.9 Å². The van der Waals surface area contributed by atoms with Crippen LogP contribution in [0.2, 0.25) is 5.02 Å². The van der Waals surface area contributed by atoms with Gasteiger partial charge in [-0.3, -0.25) is 4.57 Å². The number of aromatic nitrogens is 4. The Labute approximate surface area is 179 Å². The average Bonchev–Trinajstić information content (AvgIpc) is 3.33. The van der Waals surface area contributed by atoms with E-state index in [1.54, 1.807) is 29.3 Å². The third-order valence-electron chi connectivity index (χ3n) is 4.32. The van der Waals surface area contributed by atoms with Crippen LogP contribution in [-0.4, -0.2) is 52.2 Å². The van der Waals surface area contributed by atoms with E-state index in [0.29, 0.717) is 43.0 Å². The van der Waals surface area contributed by atoms with Crippen molar-refractivity contribution in [3.8, 4) is 11.3 Å². The van der Waals surface area contributed by atoms with Crippen LogP contribution in [0.25, 0.3) is 11.3 Å². The SMILES string of the molecule is FC(F)(F)Cn1c(SCc2ncc(-c3cccc(Cl)c3)o2)nnc1N1CCOCC1. The Bertz CT molecular complexity index is 1000. The Hall–Kier alpha value is -2.24. The summed E-state index contributed by atoms with van der Waals surface area (Å²) < 4.78 is 51.5. The van der Waals surface area contributed by atoms with Gasteiger partial charge in [0.1, 0.15) is 6.54 Å². The second kappa shape index (κ2) is 8.86. The van der Waals surface area contributed by atoms with Gasteiger partial charge in [-0.05, 0) is 12.1 Å². The molecule has 0 spiro atoms. The molecule has 2 aromatic heterocycles. The van der Waals surface area contributed by atoms with Crippen LogP contribution in [0.1, 0.15) is 5.89 Å². The van der Waals surface area contributed by atoms with Crippen LogP contribution in [0.15, 0.2) is 40.0 Å². The minimum Gasteiger partial charge on any atom is -0.440 e. The summed E-state index contributed by atoms with van der Waals surface area (Å²) in [5.41, 5.74) is 0.765. The van der Waals surface area contributed by atoms with Gasteiger partial charge in [0.25, 0.3) is 0 Å². The number of hydrogen-bond acceptors (Lipinski definition) is 7. The topological polar surface area (TPSA) is 69.2 Å². The molecule has 3 aromatic rings. The Balaban J connectivity index is 1.51. The maximum atomic E-state index is 13.2. The first kappa shape index (κ1) is 21.0. The number of ether oxygens (including phenoxy) is 1. The standard InChI is InChI=1S/C18H17ClF3N5O2S/c19-13-3-1-2-12(8-13)14-9-23-15(29-14)10-30-17-25-24-16(26-4-6-28-7-5-26)27(17)11-18(20,21)22/h1-3,8-9H,4-7,10-11H2. The molecule has 1 fully saturated rings. The first-order chi connectivity index (χ1) is 14.4. The molecule has 160 valence electrons. The van der Waals surface area contributed by atoms with Gasteiger partial charge in [0.15, 0.2) is 10.9 Å². The lowest BCUT2D eigenvalue weighted by Gasteiger charge is -2.28. The van der Waals surface area contributed by atoms with Crippen molar-refractivity contribution < 1.29 is 22.3 Å². The molecule has 0 amide bonds. The lowest BCUT2D eigenvalue weighted by atomic mass is 10.2. The molecule has 0 aliphatic carbocycles. The van der Waals surface area contributed by atoms with E-state index in [1.807, 2.05) is 6.07 Å². The number of rotatable bonds is 6. The zero-order valence-electron chi connectivity index (χ0n) is 15.6. The van der Waals surface area contributed by atoms with E-state index >= 15 is 0 Å². The molecule has 0 radical (unpaired) electrons.